The van der Waals surface area contributed by atoms with E-state index in [-0.39, 0.29) is 24.0 Å². The lowest BCUT2D eigenvalue weighted by Crippen LogP contribution is -2.34. The normalized spacial score (nSPS) is 10.8. The third kappa shape index (κ3) is 9.79. The van der Waals surface area contributed by atoms with Crippen LogP contribution >= 0.6 is 24.0 Å². The molecule has 0 aliphatic rings. The third-order valence-corrected chi connectivity index (χ3v) is 2.24. The van der Waals surface area contributed by atoms with Crippen molar-refractivity contribution >= 4 is 29.9 Å². The molecule has 1 rings (SSSR count). The maximum Gasteiger partial charge on any atom is 0.188 e. The molecule has 0 unspecified atom stereocenters. The van der Waals surface area contributed by atoms with Gasteiger partial charge in [-0.25, -0.2) is 0 Å². The summed E-state index contributed by atoms with van der Waals surface area (Å²) in [5, 5.41) is 2.99. The first-order valence-corrected chi connectivity index (χ1v) is 6.47. The summed E-state index contributed by atoms with van der Waals surface area (Å²) >= 11 is 0. The molecule has 0 fully saturated rings. The fraction of sp³-hybridized carbons (Fsp3) is 0.538. The van der Waals surface area contributed by atoms with Crippen molar-refractivity contribution in [1.82, 2.24) is 10.3 Å². The first-order valence-electron chi connectivity index (χ1n) is 6.47. The third-order valence-electron chi connectivity index (χ3n) is 2.24. The monoisotopic (exact) mass is 394 g/mol. The van der Waals surface area contributed by atoms with E-state index in [0.29, 0.717) is 25.7 Å². The van der Waals surface area contributed by atoms with Crippen LogP contribution in [0.4, 0.5) is 0 Å². The Morgan fingerprint density at radius 3 is 3.00 bits per heavy atom. The summed E-state index contributed by atoms with van der Waals surface area (Å²) in [6, 6.07) is 3.69. The van der Waals surface area contributed by atoms with Crippen LogP contribution in [0.3, 0.4) is 0 Å². The molecule has 7 heteroatoms. The Morgan fingerprint density at radius 1 is 1.45 bits per heavy atom. The van der Waals surface area contributed by atoms with Crippen molar-refractivity contribution in [2.24, 2.45) is 10.7 Å². The highest BCUT2D eigenvalue weighted by molar-refractivity contribution is 14.0. The Balaban J connectivity index is 0.00000361. The zero-order valence-corrected chi connectivity index (χ0v) is 14.1. The molecule has 1 aromatic heterocycles. The highest BCUT2D eigenvalue weighted by Crippen LogP contribution is 2.04. The van der Waals surface area contributed by atoms with E-state index in [1.807, 2.05) is 19.1 Å². The number of ether oxygens (including phenoxy) is 2. The lowest BCUT2D eigenvalue weighted by Gasteiger charge is -2.07. The average molecular weight is 394 g/mol. The molecular formula is C13H23IN4O2. The Labute approximate surface area is 137 Å². The minimum Gasteiger partial charge on any atom is -0.490 e. The summed E-state index contributed by atoms with van der Waals surface area (Å²) in [5.74, 6) is 1.18. The van der Waals surface area contributed by atoms with Crippen molar-refractivity contribution in [3.05, 3.63) is 24.5 Å². The van der Waals surface area contributed by atoms with Gasteiger partial charge >= 0.3 is 0 Å². The van der Waals surface area contributed by atoms with Crippen LogP contribution in [0.15, 0.2) is 29.5 Å². The number of aromatic nitrogens is 1. The molecule has 0 aromatic carbocycles. The number of hydrogen-bond acceptors (Lipinski definition) is 4. The van der Waals surface area contributed by atoms with Crippen LogP contribution < -0.4 is 15.8 Å². The van der Waals surface area contributed by atoms with Crippen molar-refractivity contribution in [3.8, 4) is 5.75 Å². The minimum atomic E-state index is 0. The predicted octanol–water partition coefficient (Wildman–Crippen LogP) is 1.41. The number of nitrogens with one attached hydrogen (secondary N) is 1. The number of guanidine groups is 1. The fourth-order valence-corrected chi connectivity index (χ4v) is 1.35. The SMILES string of the molecule is CCOCCCN=C(N)NCCOc1cccnc1.I. The smallest absolute Gasteiger partial charge is 0.188 e. The highest BCUT2D eigenvalue weighted by Gasteiger charge is 1.94. The Bertz CT molecular complexity index is 363. The maximum atomic E-state index is 5.70. The van der Waals surface area contributed by atoms with Gasteiger partial charge < -0.3 is 20.5 Å². The van der Waals surface area contributed by atoms with Crippen molar-refractivity contribution in [1.29, 1.82) is 0 Å². The standard InChI is InChI=1S/C13H22N4O2.HI/c1-2-18-9-4-7-16-13(14)17-8-10-19-12-5-3-6-15-11-12;/h3,5-6,11H,2,4,7-10H2,1H3,(H3,14,16,17);1H. The van der Waals surface area contributed by atoms with Gasteiger partial charge in [-0.15, -0.1) is 24.0 Å². The van der Waals surface area contributed by atoms with Gasteiger partial charge in [0.15, 0.2) is 5.96 Å². The topological polar surface area (TPSA) is 81.8 Å². The van der Waals surface area contributed by atoms with Gasteiger partial charge in [-0.2, -0.15) is 0 Å². The second-order valence-electron chi connectivity index (χ2n) is 3.78. The van der Waals surface area contributed by atoms with Gasteiger partial charge in [0.05, 0.1) is 12.7 Å². The number of nitrogens with zero attached hydrogens (tertiary/aromatic N) is 2. The number of nitrogens with two attached hydrogens (primary N) is 1. The molecule has 1 aromatic rings. The number of rotatable bonds is 9. The number of aliphatic imine (C=N–C) groups is 1. The zero-order chi connectivity index (χ0) is 13.8. The Morgan fingerprint density at radius 2 is 2.30 bits per heavy atom. The molecule has 6 nitrogen and oxygen atoms in total. The molecule has 0 aliphatic carbocycles. The molecule has 1 heterocycles. The molecule has 0 bridgehead atoms. The number of hydrogen-bond donors (Lipinski definition) is 2. The van der Waals surface area contributed by atoms with Crippen LogP contribution in [0.2, 0.25) is 0 Å². The summed E-state index contributed by atoms with van der Waals surface area (Å²) in [6.07, 6.45) is 4.26. The van der Waals surface area contributed by atoms with Crippen LogP contribution in [-0.2, 0) is 4.74 Å². The highest BCUT2D eigenvalue weighted by atomic mass is 127. The first kappa shape index (κ1) is 18.9. The van der Waals surface area contributed by atoms with Crippen molar-refractivity contribution < 1.29 is 9.47 Å². The summed E-state index contributed by atoms with van der Waals surface area (Å²) in [7, 11) is 0. The number of pyridine rings is 1. The molecule has 20 heavy (non-hydrogen) atoms. The van der Waals surface area contributed by atoms with Gasteiger partial charge in [0.25, 0.3) is 0 Å². The summed E-state index contributed by atoms with van der Waals surface area (Å²) in [6.45, 7) is 5.22. The van der Waals surface area contributed by atoms with Gasteiger partial charge in [-0.3, -0.25) is 9.98 Å². The van der Waals surface area contributed by atoms with E-state index < -0.39 is 0 Å². The molecule has 3 N–H and O–H groups in total. The van der Waals surface area contributed by atoms with Crippen molar-refractivity contribution in [2.45, 2.75) is 13.3 Å². The predicted molar refractivity (Wildman–Crippen MR) is 90.7 cm³/mol. The molecular weight excluding hydrogens is 371 g/mol. The van der Waals surface area contributed by atoms with Crippen LogP contribution in [0.5, 0.6) is 5.75 Å². The molecule has 114 valence electrons. The Kier molecular flexibility index (Phi) is 12.2. The molecule has 0 spiro atoms. The summed E-state index contributed by atoms with van der Waals surface area (Å²) in [4.78, 5) is 8.13. The fourth-order valence-electron chi connectivity index (χ4n) is 1.35. The van der Waals surface area contributed by atoms with E-state index in [1.54, 1.807) is 12.4 Å². The Hall–Kier alpha value is -1.09. The lowest BCUT2D eigenvalue weighted by atomic mass is 10.4. The van der Waals surface area contributed by atoms with Crippen LogP contribution in [0.1, 0.15) is 13.3 Å². The van der Waals surface area contributed by atoms with Gasteiger partial charge in [0.2, 0.25) is 0 Å². The average Bonchev–Trinajstić information content (AvgIpc) is 2.44. The van der Waals surface area contributed by atoms with Crippen LogP contribution in [0, 0.1) is 0 Å². The van der Waals surface area contributed by atoms with E-state index in [9.17, 15) is 0 Å². The van der Waals surface area contributed by atoms with Crippen molar-refractivity contribution in [2.75, 3.05) is 32.9 Å². The van der Waals surface area contributed by atoms with Gasteiger partial charge in [0.1, 0.15) is 12.4 Å². The molecule has 0 amide bonds. The first-order chi connectivity index (χ1) is 9.33. The van der Waals surface area contributed by atoms with E-state index in [0.717, 1.165) is 25.4 Å². The lowest BCUT2D eigenvalue weighted by molar-refractivity contribution is 0.146. The van der Waals surface area contributed by atoms with E-state index in [4.69, 9.17) is 15.2 Å². The largest absolute Gasteiger partial charge is 0.490 e. The van der Waals surface area contributed by atoms with E-state index in [2.05, 4.69) is 15.3 Å². The van der Waals surface area contributed by atoms with Gasteiger partial charge in [-0.05, 0) is 25.5 Å². The molecule has 0 saturated carbocycles. The summed E-state index contributed by atoms with van der Waals surface area (Å²) in [5.41, 5.74) is 5.70. The van der Waals surface area contributed by atoms with Crippen LogP contribution in [0.25, 0.3) is 0 Å². The van der Waals surface area contributed by atoms with Crippen LogP contribution in [-0.4, -0.2) is 43.9 Å². The second-order valence-corrected chi connectivity index (χ2v) is 3.78. The summed E-state index contributed by atoms with van der Waals surface area (Å²) < 4.78 is 10.7. The minimum absolute atomic E-state index is 0. The molecule has 0 atom stereocenters. The number of halogens is 1. The molecule has 0 saturated heterocycles. The van der Waals surface area contributed by atoms with Gasteiger partial charge in [-0.1, -0.05) is 0 Å². The molecule has 0 radical (unpaired) electrons. The quantitative estimate of drug-likeness (QED) is 0.287. The van der Waals surface area contributed by atoms with Crippen molar-refractivity contribution in [3.63, 3.8) is 0 Å². The maximum absolute atomic E-state index is 5.70. The van der Waals surface area contributed by atoms with E-state index in [1.165, 1.54) is 0 Å². The zero-order valence-electron chi connectivity index (χ0n) is 11.7. The van der Waals surface area contributed by atoms with Gasteiger partial charge in [0, 0.05) is 26.0 Å². The molecule has 0 aliphatic heterocycles. The second kappa shape index (κ2) is 12.9. The van der Waals surface area contributed by atoms with E-state index >= 15 is 0 Å².